The first-order valence-electron chi connectivity index (χ1n) is 8.25. The smallest absolute Gasteiger partial charge is 0.292 e. The lowest BCUT2D eigenvalue weighted by molar-refractivity contribution is -0.0258. The highest BCUT2D eigenvalue weighted by atomic mass is 16.5. The fourth-order valence-corrected chi connectivity index (χ4v) is 3.15. The normalized spacial score (nSPS) is 26.2. The predicted molar refractivity (Wildman–Crippen MR) is 83.3 cm³/mol. The number of likely N-dealkylation sites (tertiary alicyclic amines) is 1. The van der Waals surface area contributed by atoms with E-state index in [1.807, 2.05) is 13.8 Å². The van der Waals surface area contributed by atoms with E-state index in [9.17, 15) is 9.90 Å². The van der Waals surface area contributed by atoms with E-state index in [2.05, 4.69) is 10.1 Å². The van der Waals surface area contributed by atoms with Gasteiger partial charge in [-0.05, 0) is 12.3 Å². The molecule has 23 heavy (non-hydrogen) atoms. The second kappa shape index (κ2) is 6.59. The zero-order chi connectivity index (χ0) is 16.4. The van der Waals surface area contributed by atoms with Crippen LogP contribution in [0, 0.1) is 0 Å². The maximum Gasteiger partial charge on any atom is 0.292 e. The van der Waals surface area contributed by atoms with E-state index in [1.165, 1.54) is 0 Å². The van der Waals surface area contributed by atoms with Crippen molar-refractivity contribution in [3.8, 4) is 0 Å². The number of aromatic nitrogens is 1. The molecule has 0 aliphatic carbocycles. The van der Waals surface area contributed by atoms with E-state index in [0.717, 1.165) is 18.8 Å². The van der Waals surface area contributed by atoms with Crippen LogP contribution >= 0.6 is 0 Å². The Morgan fingerprint density at radius 3 is 2.78 bits per heavy atom. The summed E-state index contributed by atoms with van der Waals surface area (Å²) >= 11 is 0. The van der Waals surface area contributed by atoms with Gasteiger partial charge in [0.15, 0.2) is 0 Å². The highest BCUT2D eigenvalue weighted by Crippen LogP contribution is 2.25. The minimum absolute atomic E-state index is 0.192. The zero-order valence-corrected chi connectivity index (χ0v) is 13.8. The molecule has 128 valence electrons. The van der Waals surface area contributed by atoms with Crippen LogP contribution in [0.1, 0.15) is 42.4 Å². The summed E-state index contributed by atoms with van der Waals surface area (Å²) in [7, 11) is 0. The van der Waals surface area contributed by atoms with Crippen LogP contribution in [0.5, 0.6) is 0 Å². The minimum atomic E-state index is -0.853. The molecule has 0 spiro atoms. The lowest BCUT2D eigenvalue weighted by Gasteiger charge is -2.33. The van der Waals surface area contributed by atoms with Crippen LogP contribution in [0.4, 0.5) is 0 Å². The summed E-state index contributed by atoms with van der Waals surface area (Å²) < 4.78 is 10.5. The Bertz CT molecular complexity index is 553. The van der Waals surface area contributed by atoms with Gasteiger partial charge in [0.25, 0.3) is 5.91 Å². The molecule has 3 heterocycles. The Hall–Kier alpha value is -1.44. The fraction of sp³-hybridized carbons (Fsp3) is 0.750. The van der Waals surface area contributed by atoms with E-state index in [-0.39, 0.29) is 17.6 Å². The third-order valence-corrected chi connectivity index (χ3v) is 4.57. The number of aliphatic hydroxyl groups is 1. The van der Waals surface area contributed by atoms with Crippen molar-refractivity contribution in [2.45, 2.75) is 31.8 Å². The third kappa shape index (κ3) is 3.73. The van der Waals surface area contributed by atoms with Crippen LogP contribution in [0.15, 0.2) is 10.6 Å². The van der Waals surface area contributed by atoms with Crippen LogP contribution < -0.4 is 0 Å². The topological polar surface area (TPSA) is 79.0 Å². The number of hydrogen-bond donors (Lipinski definition) is 1. The number of carbonyl (C=O) groups is 1. The van der Waals surface area contributed by atoms with Gasteiger partial charge in [-0.2, -0.15) is 0 Å². The molecule has 7 nitrogen and oxygen atoms in total. The lowest BCUT2D eigenvalue weighted by atomic mass is 10.0. The summed E-state index contributed by atoms with van der Waals surface area (Å²) in [6, 6.07) is 1.70. The van der Waals surface area contributed by atoms with Crippen molar-refractivity contribution in [2.24, 2.45) is 0 Å². The first-order valence-corrected chi connectivity index (χ1v) is 8.25. The van der Waals surface area contributed by atoms with Crippen molar-refractivity contribution in [3.63, 3.8) is 0 Å². The Morgan fingerprint density at radius 2 is 2.13 bits per heavy atom. The number of nitrogens with zero attached hydrogens (tertiary/aromatic N) is 3. The van der Waals surface area contributed by atoms with Crippen LogP contribution in [-0.4, -0.2) is 77.5 Å². The molecule has 0 saturated carbocycles. The van der Waals surface area contributed by atoms with Gasteiger partial charge in [-0.25, -0.2) is 0 Å². The lowest BCUT2D eigenvalue weighted by Crippen LogP contribution is -2.49. The van der Waals surface area contributed by atoms with Gasteiger partial charge in [-0.1, -0.05) is 19.0 Å². The van der Waals surface area contributed by atoms with E-state index in [1.54, 1.807) is 11.0 Å². The maximum absolute atomic E-state index is 12.5. The molecule has 2 aliphatic heterocycles. The molecule has 0 unspecified atom stereocenters. The van der Waals surface area contributed by atoms with Gasteiger partial charge in [-0.3, -0.25) is 9.69 Å². The second-order valence-corrected chi connectivity index (χ2v) is 6.86. The molecule has 1 N–H and O–H groups in total. The van der Waals surface area contributed by atoms with Crippen molar-refractivity contribution in [1.29, 1.82) is 0 Å². The van der Waals surface area contributed by atoms with E-state index in [0.29, 0.717) is 39.3 Å². The maximum atomic E-state index is 12.5. The molecule has 2 saturated heterocycles. The standard InChI is InChI=1S/C16H25N3O4/c1-12(2)13-9-14(23-17-13)15(20)19-4-3-16(21,11-19)10-18-5-7-22-8-6-18/h9,12,21H,3-8,10-11H2,1-2H3/t16-/m1/s1. The van der Waals surface area contributed by atoms with Crippen LogP contribution in [0.3, 0.4) is 0 Å². The zero-order valence-electron chi connectivity index (χ0n) is 13.8. The summed E-state index contributed by atoms with van der Waals surface area (Å²) in [5, 5.41) is 14.7. The molecule has 7 heteroatoms. The van der Waals surface area contributed by atoms with Gasteiger partial charge >= 0.3 is 0 Å². The molecule has 1 amide bonds. The van der Waals surface area contributed by atoms with Gasteiger partial charge in [0.05, 0.1) is 31.1 Å². The first-order chi connectivity index (χ1) is 11.0. The molecule has 0 aromatic carbocycles. The number of rotatable bonds is 4. The monoisotopic (exact) mass is 323 g/mol. The second-order valence-electron chi connectivity index (χ2n) is 6.86. The number of ether oxygens (including phenoxy) is 1. The van der Waals surface area contributed by atoms with E-state index < -0.39 is 5.60 Å². The van der Waals surface area contributed by atoms with Gasteiger partial charge in [0.2, 0.25) is 5.76 Å². The molecular formula is C16H25N3O4. The van der Waals surface area contributed by atoms with E-state index in [4.69, 9.17) is 9.26 Å². The Morgan fingerprint density at radius 1 is 1.39 bits per heavy atom. The number of hydrogen-bond acceptors (Lipinski definition) is 6. The highest BCUT2D eigenvalue weighted by molar-refractivity contribution is 5.91. The third-order valence-electron chi connectivity index (χ3n) is 4.57. The Labute approximate surface area is 136 Å². The van der Waals surface area contributed by atoms with Crippen molar-refractivity contribution in [3.05, 3.63) is 17.5 Å². The Kier molecular flexibility index (Phi) is 4.70. The number of amides is 1. The van der Waals surface area contributed by atoms with Crippen molar-refractivity contribution in [1.82, 2.24) is 15.0 Å². The molecular weight excluding hydrogens is 298 g/mol. The minimum Gasteiger partial charge on any atom is -0.387 e. The van der Waals surface area contributed by atoms with Crippen molar-refractivity contribution < 1.29 is 19.2 Å². The average molecular weight is 323 g/mol. The summed E-state index contributed by atoms with van der Waals surface area (Å²) in [5.41, 5.74) is -0.0791. The van der Waals surface area contributed by atoms with Gasteiger partial charge in [0.1, 0.15) is 0 Å². The molecule has 1 aromatic heterocycles. The molecule has 0 bridgehead atoms. The van der Waals surface area contributed by atoms with Gasteiger partial charge in [0, 0.05) is 32.2 Å². The largest absolute Gasteiger partial charge is 0.387 e. The summed E-state index contributed by atoms with van der Waals surface area (Å²) in [6.45, 7) is 8.52. The van der Waals surface area contributed by atoms with Crippen LogP contribution in [0.25, 0.3) is 0 Å². The van der Waals surface area contributed by atoms with E-state index >= 15 is 0 Å². The summed E-state index contributed by atoms with van der Waals surface area (Å²) in [4.78, 5) is 16.4. The number of β-amino-alcohol motifs (C(OH)–C–C–N with tert-alkyl or cyclic N) is 1. The Balaban J connectivity index is 1.60. The summed E-state index contributed by atoms with van der Waals surface area (Å²) in [6.07, 6.45) is 0.585. The molecule has 1 atom stereocenters. The van der Waals surface area contributed by atoms with Crippen molar-refractivity contribution >= 4 is 5.91 Å². The molecule has 3 rings (SSSR count). The molecule has 2 aliphatic rings. The first kappa shape index (κ1) is 16.4. The van der Waals surface area contributed by atoms with Crippen LogP contribution in [-0.2, 0) is 4.74 Å². The van der Waals surface area contributed by atoms with Gasteiger partial charge in [-0.15, -0.1) is 0 Å². The SMILES string of the molecule is CC(C)c1cc(C(=O)N2CC[C@@](O)(CN3CCOCC3)C2)on1. The molecule has 1 aromatic rings. The average Bonchev–Trinajstić information content (AvgIpc) is 3.15. The summed E-state index contributed by atoms with van der Waals surface area (Å²) in [5.74, 6) is 0.281. The van der Waals surface area contributed by atoms with Crippen LogP contribution in [0.2, 0.25) is 0 Å². The molecule has 2 fully saturated rings. The predicted octanol–water partition coefficient (Wildman–Crippen LogP) is 0.707. The fourth-order valence-electron chi connectivity index (χ4n) is 3.15. The number of carbonyl (C=O) groups excluding carboxylic acids is 1. The molecule has 0 radical (unpaired) electrons. The quantitative estimate of drug-likeness (QED) is 0.879. The number of morpholine rings is 1. The van der Waals surface area contributed by atoms with Gasteiger partial charge < -0.3 is 19.3 Å². The van der Waals surface area contributed by atoms with Crippen molar-refractivity contribution in [2.75, 3.05) is 45.9 Å². The highest BCUT2D eigenvalue weighted by Gasteiger charge is 2.40.